The van der Waals surface area contributed by atoms with Crippen molar-refractivity contribution in [1.82, 2.24) is 5.32 Å². The van der Waals surface area contributed by atoms with E-state index in [0.29, 0.717) is 12.2 Å². The third kappa shape index (κ3) is 8.65. The quantitative estimate of drug-likeness (QED) is 0.714. The van der Waals surface area contributed by atoms with Gasteiger partial charge in [-0.25, -0.2) is 4.79 Å². The summed E-state index contributed by atoms with van der Waals surface area (Å²) in [6.45, 7) is 10.3. The molecule has 0 heterocycles. The Kier molecular flexibility index (Phi) is 8.06. The molecule has 1 rings (SSSR count). The van der Waals surface area contributed by atoms with Crippen molar-refractivity contribution >= 4 is 11.9 Å². The first-order valence-corrected chi connectivity index (χ1v) is 8.46. The lowest BCUT2D eigenvalue weighted by Gasteiger charge is -2.21. The van der Waals surface area contributed by atoms with Gasteiger partial charge in [-0.2, -0.15) is 0 Å². The highest BCUT2D eigenvalue weighted by Crippen LogP contribution is 2.10. The number of amides is 1. The molecule has 1 amide bonds. The zero-order valence-electron chi connectivity index (χ0n) is 15.7. The number of aliphatic carboxylic acids is 1. The van der Waals surface area contributed by atoms with Gasteiger partial charge in [0.2, 0.25) is 0 Å². The Hall–Kier alpha value is -1.92. The van der Waals surface area contributed by atoms with Crippen LogP contribution in [0.4, 0.5) is 0 Å². The number of nitrogens with one attached hydrogen (secondary N) is 1. The molecule has 2 N–H and O–H groups in total. The molecule has 1 aromatic carbocycles. The molecule has 1 unspecified atom stereocenters. The summed E-state index contributed by atoms with van der Waals surface area (Å²) in [4.78, 5) is 23.6. The van der Waals surface area contributed by atoms with Crippen molar-refractivity contribution in [2.45, 2.75) is 65.4 Å². The smallest absolute Gasteiger partial charge is 0.326 e. The van der Waals surface area contributed by atoms with Crippen LogP contribution in [0.3, 0.4) is 0 Å². The fraction of sp³-hybridized carbons (Fsp3) is 0.579. The van der Waals surface area contributed by atoms with Crippen LogP contribution in [-0.4, -0.2) is 41.3 Å². The van der Waals surface area contributed by atoms with Crippen LogP contribution in [-0.2, 0) is 20.9 Å². The standard InChI is InChI=1S/C19H29NO5/c1-13(2)24-12-14-6-8-15(9-7-14)17(21)20-16(18(22)23)10-11-25-19(3,4)5/h6-9,13,16H,10-12H2,1-5H3,(H,20,21)(H,22,23). The van der Waals surface area contributed by atoms with Gasteiger partial charge in [0.05, 0.1) is 18.3 Å². The van der Waals surface area contributed by atoms with E-state index in [0.717, 1.165) is 5.56 Å². The monoisotopic (exact) mass is 351 g/mol. The Bertz CT molecular complexity index is 560. The zero-order valence-corrected chi connectivity index (χ0v) is 15.7. The molecule has 0 aromatic heterocycles. The van der Waals surface area contributed by atoms with Crippen molar-refractivity contribution in [2.75, 3.05) is 6.61 Å². The maximum Gasteiger partial charge on any atom is 0.326 e. The molecular formula is C19H29NO5. The number of carbonyl (C=O) groups excluding carboxylic acids is 1. The van der Waals surface area contributed by atoms with E-state index in [1.165, 1.54) is 0 Å². The van der Waals surface area contributed by atoms with Gasteiger partial charge in [0, 0.05) is 18.6 Å². The van der Waals surface area contributed by atoms with E-state index in [9.17, 15) is 14.7 Å². The van der Waals surface area contributed by atoms with E-state index < -0.39 is 17.9 Å². The number of carboxylic acid groups (broad SMARTS) is 1. The van der Waals surface area contributed by atoms with E-state index in [1.807, 2.05) is 34.6 Å². The Balaban J connectivity index is 2.60. The topological polar surface area (TPSA) is 84.9 Å². The van der Waals surface area contributed by atoms with Gasteiger partial charge in [-0.1, -0.05) is 12.1 Å². The Labute approximate surface area is 149 Å². The molecule has 1 aromatic rings. The van der Waals surface area contributed by atoms with E-state index >= 15 is 0 Å². The fourth-order valence-electron chi connectivity index (χ4n) is 2.00. The van der Waals surface area contributed by atoms with Crippen LogP contribution in [0, 0.1) is 0 Å². The molecule has 0 saturated carbocycles. The van der Waals surface area contributed by atoms with Gasteiger partial charge in [0.25, 0.3) is 5.91 Å². The molecule has 0 fully saturated rings. The molecule has 0 aliphatic heterocycles. The third-order valence-electron chi connectivity index (χ3n) is 3.34. The predicted octanol–water partition coefficient (Wildman–Crippen LogP) is 3.00. The molecule has 0 spiro atoms. The molecule has 1 atom stereocenters. The minimum absolute atomic E-state index is 0.134. The molecule has 0 saturated heterocycles. The lowest BCUT2D eigenvalue weighted by molar-refractivity contribution is -0.140. The predicted molar refractivity (Wildman–Crippen MR) is 95.6 cm³/mol. The van der Waals surface area contributed by atoms with Crippen molar-refractivity contribution in [1.29, 1.82) is 0 Å². The van der Waals surface area contributed by atoms with Gasteiger partial charge in [-0.05, 0) is 52.3 Å². The number of hydrogen-bond donors (Lipinski definition) is 2. The summed E-state index contributed by atoms with van der Waals surface area (Å²) in [5, 5.41) is 11.8. The first-order valence-electron chi connectivity index (χ1n) is 8.46. The van der Waals surface area contributed by atoms with Crippen LogP contribution in [0.25, 0.3) is 0 Å². The van der Waals surface area contributed by atoms with E-state index in [1.54, 1.807) is 24.3 Å². The molecule has 0 aliphatic carbocycles. The Morgan fingerprint density at radius 1 is 1.16 bits per heavy atom. The average Bonchev–Trinajstić information content (AvgIpc) is 2.51. The first-order chi connectivity index (χ1) is 11.6. The molecule has 25 heavy (non-hydrogen) atoms. The summed E-state index contributed by atoms with van der Waals surface area (Å²) >= 11 is 0. The largest absolute Gasteiger partial charge is 0.480 e. The normalized spacial score (nSPS) is 12.9. The van der Waals surface area contributed by atoms with Crippen molar-refractivity contribution in [2.24, 2.45) is 0 Å². The number of carbonyl (C=O) groups is 2. The molecule has 140 valence electrons. The number of benzene rings is 1. The number of rotatable bonds is 9. The maximum atomic E-state index is 12.3. The summed E-state index contributed by atoms with van der Waals surface area (Å²) in [6.07, 6.45) is 0.341. The summed E-state index contributed by atoms with van der Waals surface area (Å²) in [5.74, 6) is -1.49. The second-order valence-electron chi connectivity index (χ2n) is 7.17. The summed E-state index contributed by atoms with van der Waals surface area (Å²) in [6, 6.07) is 5.95. The van der Waals surface area contributed by atoms with Gasteiger partial charge >= 0.3 is 5.97 Å². The van der Waals surface area contributed by atoms with Gasteiger partial charge in [-0.15, -0.1) is 0 Å². The van der Waals surface area contributed by atoms with Crippen LogP contribution < -0.4 is 5.32 Å². The van der Waals surface area contributed by atoms with Crippen molar-refractivity contribution < 1.29 is 24.2 Å². The van der Waals surface area contributed by atoms with Crippen LogP contribution in [0.5, 0.6) is 0 Å². The summed E-state index contributed by atoms with van der Waals surface area (Å²) in [7, 11) is 0. The minimum Gasteiger partial charge on any atom is -0.480 e. The average molecular weight is 351 g/mol. The second kappa shape index (κ2) is 9.53. The highest BCUT2D eigenvalue weighted by Gasteiger charge is 2.21. The maximum absolute atomic E-state index is 12.3. The van der Waals surface area contributed by atoms with Gasteiger partial charge < -0.3 is 19.9 Å². The second-order valence-corrected chi connectivity index (χ2v) is 7.17. The van der Waals surface area contributed by atoms with Crippen LogP contribution in [0.1, 0.15) is 57.0 Å². The van der Waals surface area contributed by atoms with E-state index in [2.05, 4.69) is 5.32 Å². The minimum atomic E-state index is -1.08. The number of hydrogen-bond acceptors (Lipinski definition) is 4. The van der Waals surface area contributed by atoms with Crippen LogP contribution in [0.2, 0.25) is 0 Å². The fourth-order valence-corrected chi connectivity index (χ4v) is 2.00. The summed E-state index contributed by atoms with van der Waals surface area (Å²) in [5.41, 5.74) is 1.02. The lowest BCUT2D eigenvalue weighted by atomic mass is 10.1. The number of carboxylic acids is 1. The Morgan fingerprint density at radius 3 is 2.24 bits per heavy atom. The molecular weight excluding hydrogens is 322 g/mol. The zero-order chi connectivity index (χ0) is 19.0. The SMILES string of the molecule is CC(C)OCc1ccc(C(=O)NC(CCOC(C)(C)C)C(=O)O)cc1. The molecule has 6 nitrogen and oxygen atoms in total. The van der Waals surface area contributed by atoms with Gasteiger partial charge in [0.15, 0.2) is 0 Å². The van der Waals surface area contributed by atoms with E-state index in [4.69, 9.17) is 9.47 Å². The molecule has 6 heteroatoms. The first kappa shape index (κ1) is 21.1. The van der Waals surface area contributed by atoms with Crippen molar-refractivity contribution in [3.05, 3.63) is 35.4 Å². The molecule has 0 bridgehead atoms. The van der Waals surface area contributed by atoms with Crippen molar-refractivity contribution in [3.63, 3.8) is 0 Å². The number of ether oxygens (including phenoxy) is 2. The molecule has 0 aliphatic rings. The Morgan fingerprint density at radius 2 is 1.76 bits per heavy atom. The van der Waals surface area contributed by atoms with Crippen LogP contribution in [0.15, 0.2) is 24.3 Å². The van der Waals surface area contributed by atoms with Crippen LogP contribution >= 0.6 is 0 Å². The van der Waals surface area contributed by atoms with Crippen molar-refractivity contribution in [3.8, 4) is 0 Å². The van der Waals surface area contributed by atoms with Gasteiger partial charge in [0.1, 0.15) is 6.04 Å². The lowest BCUT2D eigenvalue weighted by Crippen LogP contribution is -2.42. The third-order valence-corrected chi connectivity index (χ3v) is 3.34. The molecule has 0 radical (unpaired) electrons. The van der Waals surface area contributed by atoms with Gasteiger partial charge in [-0.3, -0.25) is 4.79 Å². The highest BCUT2D eigenvalue weighted by molar-refractivity contribution is 5.96. The van der Waals surface area contributed by atoms with E-state index in [-0.39, 0.29) is 24.7 Å². The highest BCUT2D eigenvalue weighted by atomic mass is 16.5. The summed E-state index contributed by atoms with van der Waals surface area (Å²) < 4.78 is 11.0.